The first-order valence-corrected chi connectivity index (χ1v) is 8.38. The lowest BCUT2D eigenvalue weighted by molar-refractivity contribution is 0.101. The van der Waals surface area contributed by atoms with Crippen molar-refractivity contribution in [3.05, 3.63) is 58.6 Å². The minimum Gasteiger partial charge on any atom is -0.493 e. The Morgan fingerprint density at radius 2 is 1.96 bits per heavy atom. The summed E-state index contributed by atoms with van der Waals surface area (Å²) >= 11 is 3.47. The van der Waals surface area contributed by atoms with Gasteiger partial charge in [0.05, 0.1) is 16.6 Å². The van der Waals surface area contributed by atoms with Crippen molar-refractivity contribution in [3.8, 4) is 17.4 Å². The van der Waals surface area contributed by atoms with E-state index in [0.717, 1.165) is 21.1 Å². The van der Waals surface area contributed by atoms with Gasteiger partial charge in [0.1, 0.15) is 11.5 Å². The molecule has 0 spiro atoms. The summed E-state index contributed by atoms with van der Waals surface area (Å²) in [6.45, 7) is 4.09. The summed E-state index contributed by atoms with van der Waals surface area (Å²) in [6.07, 6.45) is 0. The number of ether oxygens (including phenoxy) is 2. The van der Waals surface area contributed by atoms with Gasteiger partial charge in [-0.2, -0.15) is 0 Å². The van der Waals surface area contributed by atoms with Gasteiger partial charge in [0.25, 0.3) is 0 Å². The van der Waals surface area contributed by atoms with Gasteiger partial charge < -0.3 is 9.47 Å². The molecule has 5 heteroatoms. The number of ketones is 1. The molecule has 0 atom stereocenters. The zero-order valence-corrected chi connectivity index (χ0v) is 15.0. The SMILES string of the molecule is CCOc1ccc(Oc2ccc3cc(C(C)=O)ccc3n2)cc1Br. The largest absolute Gasteiger partial charge is 0.493 e. The number of halogens is 1. The average molecular weight is 386 g/mol. The Hall–Kier alpha value is -2.40. The second-order valence-corrected chi connectivity index (χ2v) is 6.09. The first-order valence-electron chi connectivity index (χ1n) is 7.59. The summed E-state index contributed by atoms with van der Waals surface area (Å²) in [5.41, 5.74) is 1.45. The van der Waals surface area contributed by atoms with Gasteiger partial charge in [0, 0.05) is 17.0 Å². The Balaban J connectivity index is 1.86. The van der Waals surface area contributed by atoms with Gasteiger partial charge >= 0.3 is 0 Å². The lowest BCUT2D eigenvalue weighted by Crippen LogP contribution is -1.94. The van der Waals surface area contributed by atoms with E-state index in [2.05, 4.69) is 20.9 Å². The summed E-state index contributed by atoms with van der Waals surface area (Å²) in [7, 11) is 0. The average Bonchev–Trinajstić information content (AvgIpc) is 2.57. The Labute approximate surface area is 148 Å². The van der Waals surface area contributed by atoms with Crippen LogP contribution in [0.25, 0.3) is 10.9 Å². The molecule has 122 valence electrons. The van der Waals surface area contributed by atoms with E-state index in [0.29, 0.717) is 23.8 Å². The molecule has 3 rings (SSSR count). The zero-order valence-electron chi connectivity index (χ0n) is 13.4. The maximum atomic E-state index is 11.4. The molecular formula is C19H16BrNO3. The van der Waals surface area contributed by atoms with E-state index in [1.165, 1.54) is 0 Å². The van der Waals surface area contributed by atoms with E-state index >= 15 is 0 Å². The number of hydrogen-bond donors (Lipinski definition) is 0. The van der Waals surface area contributed by atoms with Crippen LogP contribution in [0.5, 0.6) is 17.4 Å². The number of carbonyl (C=O) groups is 1. The van der Waals surface area contributed by atoms with Crippen LogP contribution in [-0.2, 0) is 0 Å². The topological polar surface area (TPSA) is 48.4 Å². The van der Waals surface area contributed by atoms with Crippen molar-refractivity contribution in [2.24, 2.45) is 0 Å². The molecule has 0 amide bonds. The molecule has 0 aliphatic carbocycles. The van der Waals surface area contributed by atoms with Crippen LogP contribution in [-0.4, -0.2) is 17.4 Å². The number of pyridine rings is 1. The molecular weight excluding hydrogens is 370 g/mol. The third-order valence-corrected chi connectivity index (χ3v) is 4.12. The van der Waals surface area contributed by atoms with Gasteiger partial charge in [-0.3, -0.25) is 4.79 Å². The van der Waals surface area contributed by atoms with Crippen LogP contribution >= 0.6 is 15.9 Å². The minimum atomic E-state index is 0.0384. The standard InChI is InChI=1S/C19H16BrNO3/c1-3-23-18-8-6-15(11-16(18)20)24-19-9-5-14-10-13(12(2)22)4-7-17(14)21-19/h4-11H,3H2,1-2H3. The fourth-order valence-electron chi connectivity index (χ4n) is 2.32. The molecule has 1 heterocycles. The molecule has 0 aliphatic heterocycles. The molecule has 2 aromatic carbocycles. The molecule has 0 N–H and O–H groups in total. The molecule has 0 fully saturated rings. The molecule has 0 saturated heterocycles. The van der Waals surface area contributed by atoms with Crippen LogP contribution in [0, 0.1) is 0 Å². The number of fused-ring (bicyclic) bond motifs is 1. The van der Waals surface area contributed by atoms with E-state index < -0.39 is 0 Å². The third-order valence-electron chi connectivity index (χ3n) is 3.50. The van der Waals surface area contributed by atoms with Crippen molar-refractivity contribution in [3.63, 3.8) is 0 Å². The highest BCUT2D eigenvalue weighted by molar-refractivity contribution is 9.10. The Morgan fingerprint density at radius 1 is 1.12 bits per heavy atom. The van der Waals surface area contributed by atoms with Crippen molar-refractivity contribution >= 4 is 32.6 Å². The first-order chi connectivity index (χ1) is 11.6. The Morgan fingerprint density at radius 3 is 2.67 bits per heavy atom. The normalized spacial score (nSPS) is 10.6. The number of carbonyl (C=O) groups excluding carboxylic acids is 1. The van der Waals surface area contributed by atoms with Gasteiger partial charge in [0.15, 0.2) is 5.78 Å². The summed E-state index contributed by atoms with van der Waals surface area (Å²) < 4.78 is 12.1. The molecule has 0 unspecified atom stereocenters. The fraction of sp³-hybridized carbons (Fsp3) is 0.158. The number of nitrogens with zero attached hydrogens (tertiary/aromatic N) is 1. The van der Waals surface area contributed by atoms with Crippen molar-refractivity contribution in [1.29, 1.82) is 0 Å². The third kappa shape index (κ3) is 3.57. The summed E-state index contributed by atoms with van der Waals surface area (Å²) in [5.74, 6) is 1.97. The molecule has 0 saturated carbocycles. The van der Waals surface area contributed by atoms with Crippen LogP contribution in [0.15, 0.2) is 53.0 Å². The highest BCUT2D eigenvalue weighted by Gasteiger charge is 2.07. The number of Topliss-reactive ketones (excluding diaryl/α,β-unsaturated/α-hetero) is 1. The summed E-state index contributed by atoms with van der Waals surface area (Å²) in [4.78, 5) is 15.9. The zero-order chi connectivity index (χ0) is 17.1. The molecule has 1 aromatic heterocycles. The number of benzene rings is 2. The highest BCUT2D eigenvalue weighted by Crippen LogP contribution is 2.31. The van der Waals surface area contributed by atoms with Crippen LogP contribution < -0.4 is 9.47 Å². The molecule has 0 aliphatic rings. The van der Waals surface area contributed by atoms with Crippen LogP contribution in [0.4, 0.5) is 0 Å². The molecule has 0 radical (unpaired) electrons. The molecule has 3 aromatic rings. The number of hydrogen-bond acceptors (Lipinski definition) is 4. The van der Waals surface area contributed by atoms with E-state index in [1.807, 2.05) is 43.3 Å². The minimum absolute atomic E-state index is 0.0384. The van der Waals surface area contributed by atoms with Crippen molar-refractivity contribution < 1.29 is 14.3 Å². The van der Waals surface area contributed by atoms with E-state index in [1.54, 1.807) is 19.1 Å². The second kappa shape index (κ2) is 7.01. The van der Waals surface area contributed by atoms with E-state index in [-0.39, 0.29) is 5.78 Å². The van der Waals surface area contributed by atoms with E-state index in [4.69, 9.17) is 9.47 Å². The van der Waals surface area contributed by atoms with Crippen LogP contribution in [0.2, 0.25) is 0 Å². The van der Waals surface area contributed by atoms with E-state index in [9.17, 15) is 4.79 Å². The van der Waals surface area contributed by atoms with Crippen molar-refractivity contribution in [1.82, 2.24) is 4.98 Å². The maximum absolute atomic E-state index is 11.4. The van der Waals surface area contributed by atoms with Crippen molar-refractivity contribution in [2.75, 3.05) is 6.61 Å². The number of aromatic nitrogens is 1. The van der Waals surface area contributed by atoms with Gasteiger partial charge in [-0.05, 0) is 72.2 Å². The smallest absolute Gasteiger partial charge is 0.219 e. The quantitative estimate of drug-likeness (QED) is 0.552. The lowest BCUT2D eigenvalue weighted by atomic mass is 10.1. The monoisotopic (exact) mass is 385 g/mol. The highest BCUT2D eigenvalue weighted by atomic mass is 79.9. The predicted molar refractivity (Wildman–Crippen MR) is 97.1 cm³/mol. The van der Waals surface area contributed by atoms with Gasteiger partial charge in [-0.1, -0.05) is 0 Å². The molecule has 24 heavy (non-hydrogen) atoms. The number of rotatable bonds is 5. The molecule has 4 nitrogen and oxygen atoms in total. The van der Waals surface area contributed by atoms with Gasteiger partial charge in [0.2, 0.25) is 5.88 Å². The van der Waals surface area contributed by atoms with Crippen LogP contribution in [0.1, 0.15) is 24.2 Å². The Kier molecular flexibility index (Phi) is 4.81. The van der Waals surface area contributed by atoms with Crippen molar-refractivity contribution in [2.45, 2.75) is 13.8 Å². The van der Waals surface area contributed by atoms with Gasteiger partial charge in [-0.25, -0.2) is 4.98 Å². The molecule has 0 bridgehead atoms. The lowest BCUT2D eigenvalue weighted by Gasteiger charge is -2.09. The van der Waals surface area contributed by atoms with Gasteiger partial charge in [-0.15, -0.1) is 0 Å². The summed E-state index contributed by atoms with van der Waals surface area (Å²) in [6, 6.07) is 14.6. The Bertz CT molecular complexity index is 908. The maximum Gasteiger partial charge on any atom is 0.219 e. The van der Waals surface area contributed by atoms with Crippen LogP contribution in [0.3, 0.4) is 0 Å². The summed E-state index contributed by atoms with van der Waals surface area (Å²) in [5, 5.41) is 0.905. The predicted octanol–water partition coefficient (Wildman–Crippen LogP) is 5.39. The second-order valence-electron chi connectivity index (χ2n) is 5.24. The fourth-order valence-corrected chi connectivity index (χ4v) is 2.79. The first kappa shape index (κ1) is 16.5.